The highest BCUT2D eigenvalue weighted by Gasteiger charge is 2.33. The van der Waals surface area contributed by atoms with Crippen molar-refractivity contribution < 1.29 is 9.18 Å². The van der Waals surface area contributed by atoms with Gasteiger partial charge in [-0.2, -0.15) is 0 Å². The summed E-state index contributed by atoms with van der Waals surface area (Å²) in [6.07, 6.45) is 4.48. The summed E-state index contributed by atoms with van der Waals surface area (Å²) in [7, 11) is 0. The zero-order chi connectivity index (χ0) is 14.8. The minimum absolute atomic E-state index is 0.0401. The number of piperidine rings is 1. The Morgan fingerprint density at radius 2 is 2.00 bits per heavy atom. The molecule has 1 aromatic carbocycles. The highest BCUT2D eigenvalue weighted by molar-refractivity contribution is 5.99. The Labute approximate surface area is 124 Å². The summed E-state index contributed by atoms with van der Waals surface area (Å²) in [5.74, 6) is -0.606. The number of primary amides is 1. The number of hydrogen-bond donors (Lipinski definition) is 2. The first kappa shape index (κ1) is 14.3. The van der Waals surface area contributed by atoms with Gasteiger partial charge in [0, 0.05) is 12.6 Å². The summed E-state index contributed by atoms with van der Waals surface area (Å²) >= 11 is 0. The van der Waals surface area contributed by atoms with E-state index in [-0.39, 0.29) is 5.56 Å². The van der Waals surface area contributed by atoms with Crippen LogP contribution in [0.1, 0.15) is 36.0 Å². The molecule has 3 N–H and O–H groups in total. The van der Waals surface area contributed by atoms with Crippen molar-refractivity contribution in [1.29, 1.82) is 0 Å². The van der Waals surface area contributed by atoms with E-state index in [4.69, 9.17) is 5.73 Å². The Morgan fingerprint density at radius 3 is 2.62 bits per heavy atom. The zero-order valence-electron chi connectivity index (χ0n) is 12.1. The Hall–Kier alpha value is -1.62. The molecule has 114 valence electrons. The SMILES string of the molecule is NC(=O)c1c(F)cccc1N(CC1CCNCC1)C1CC1. The van der Waals surface area contributed by atoms with Crippen molar-refractivity contribution in [3.63, 3.8) is 0 Å². The van der Waals surface area contributed by atoms with Crippen molar-refractivity contribution in [2.75, 3.05) is 24.5 Å². The van der Waals surface area contributed by atoms with Crippen LogP contribution in [0.3, 0.4) is 0 Å². The third-order valence-corrected chi connectivity index (χ3v) is 4.45. The molecule has 0 bridgehead atoms. The maximum absolute atomic E-state index is 14.0. The van der Waals surface area contributed by atoms with Crippen LogP contribution in [0.15, 0.2) is 18.2 Å². The van der Waals surface area contributed by atoms with Gasteiger partial charge in [-0.15, -0.1) is 0 Å². The van der Waals surface area contributed by atoms with Crippen molar-refractivity contribution in [3.8, 4) is 0 Å². The molecule has 5 heteroatoms. The number of carbonyl (C=O) groups is 1. The summed E-state index contributed by atoms with van der Waals surface area (Å²) < 4.78 is 14.0. The van der Waals surface area contributed by atoms with Crippen molar-refractivity contribution in [2.45, 2.75) is 31.7 Å². The largest absolute Gasteiger partial charge is 0.368 e. The van der Waals surface area contributed by atoms with Crippen LogP contribution in [0.25, 0.3) is 0 Å². The van der Waals surface area contributed by atoms with Crippen LogP contribution in [-0.4, -0.2) is 31.6 Å². The number of nitrogens with one attached hydrogen (secondary N) is 1. The van der Waals surface area contributed by atoms with Gasteiger partial charge >= 0.3 is 0 Å². The van der Waals surface area contributed by atoms with E-state index < -0.39 is 11.7 Å². The number of carbonyl (C=O) groups excluding carboxylic acids is 1. The molecule has 1 aliphatic carbocycles. The molecule has 1 heterocycles. The van der Waals surface area contributed by atoms with Crippen molar-refractivity contribution in [3.05, 3.63) is 29.6 Å². The average Bonchev–Trinajstić information content (AvgIpc) is 3.30. The predicted molar refractivity (Wildman–Crippen MR) is 80.9 cm³/mol. The number of halogens is 1. The molecule has 0 spiro atoms. The first-order chi connectivity index (χ1) is 10.2. The van der Waals surface area contributed by atoms with Gasteiger partial charge in [-0.1, -0.05) is 6.07 Å². The summed E-state index contributed by atoms with van der Waals surface area (Å²) in [4.78, 5) is 13.8. The minimum Gasteiger partial charge on any atom is -0.368 e. The average molecular weight is 291 g/mol. The molecular weight excluding hydrogens is 269 g/mol. The molecule has 0 radical (unpaired) electrons. The smallest absolute Gasteiger partial charge is 0.253 e. The van der Waals surface area contributed by atoms with E-state index in [1.54, 1.807) is 6.07 Å². The van der Waals surface area contributed by atoms with E-state index in [1.807, 2.05) is 6.07 Å². The monoisotopic (exact) mass is 291 g/mol. The number of nitrogens with zero attached hydrogens (tertiary/aromatic N) is 1. The lowest BCUT2D eigenvalue weighted by Crippen LogP contribution is -2.38. The summed E-state index contributed by atoms with van der Waals surface area (Å²) in [6.45, 7) is 2.96. The van der Waals surface area contributed by atoms with Crippen LogP contribution in [0, 0.1) is 11.7 Å². The maximum atomic E-state index is 14.0. The molecule has 21 heavy (non-hydrogen) atoms. The second kappa shape index (κ2) is 6.02. The Bertz CT molecular complexity index is 524. The number of amides is 1. The molecule has 1 aromatic rings. The standard InChI is InChI=1S/C16H22FN3O/c17-13-2-1-3-14(15(13)16(18)21)20(12-4-5-12)10-11-6-8-19-9-7-11/h1-3,11-12,19H,4-10H2,(H2,18,21). The van der Waals surface area contributed by atoms with Crippen molar-refractivity contribution in [1.82, 2.24) is 5.32 Å². The summed E-state index contributed by atoms with van der Waals surface area (Å²) in [5.41, 5.74) is 6.10. The predicted octanol–water partition coefficient (Wildman–Crippen LogP) is 1.89. The Morgan fingerprint density at radius 1 is 1.29 bits per heavy atom. The first-order valence-corrected chi connectivity index (χ1v) is 7.72. The first-order valence-electron chi connectivity index (χ1n) is 7.72. The van der Waals surface area contributed by atoms with Gasteiger partial charge in [-0.25, -0.2) is 4.39 Å². The molecule has 3 rings (SSSR count). The fourth-order valence-corrected chi connectivity index (χ4v) is 3.17. The van der Waals surface area contributed by atoms with E-state index >= 15 is 0 Å². The van der Waals surface area contributed by atoms with E-state index in [0.29, 0.717) is 17.6 Å². The third-order valence-electron chi connectivity index (χ3n) is 4.45. The summed E-state index contributed by atoms with van der Waals surface area (Å²) in [5, 5.41) is 3.36. The lowest BCUT2D eigenvalue weighted by molar-refractivity contribution is 0.0997. The normalized spacial score (nSPS) is 19.5. The molecule has 4 nitrogen and oxygen atoms in total. The van der Waals surface area contributed by atoms with Crippen LogP contribution in [0.4, 0.5) is 10.1 Å². The highest BCUT2D eigenvalue weighted by Crippen LogP contribution is 2.35. The van der Waals surface area contributed by atoms with E-state index in [1.165, 1.54) is 6.07 Å². The van der Waals surface area contributed by atoms with Crippen molar-refractivity contribution >= 4 is 11.6 Å². The second-order valence-electron chi connectivity index (χ2n) is 6.08. The molecule has 0 atom stereocenters. The quantitative estimate of drug-likeness (QED) is 0.871. The van der Waals surface area contributed by atoms with Crippen LogP contribution in [0.2, 0.25) is 0 Å². The lowest BCUT2D eigenvalue weighted by Gasteiger charge is -2.32. The van der Waals surface area contributed by atoms with Crippen LogP contribution >= 0.6 is 0 Å². The molecule has 0 aromatic heterocycles. The number of benzene rings is 1. The topological polar surface area (TPSA) is 58.4 Å². The van der Waals surface area contributed by atoms with Gasteiger partial charge < -0.3 is 16.0 Å². The fourth-order valence-electron chi connectivity index (χ4n) is 3.17. The van der Waals surface area contributed by atoms with Crippen LogP contribution in [-0.2, 0) is 0 Å². The fraction of sp³-hybridized carbons (Fsp3) is 0.562. The molecule has 1 saturated heterocycles. The molecule has 1 amide bonds. The lowest BCUT2D eigenvalue weighted by atomic mass is 9.96. The zero-order valence-corrected chi connectivity index (χ0v) is 12.1. The minimum atomic E-state index is -0.681. The molecule has 2 fully saturated rings. The number of nitrogens with two attached hydrogens (primary N) is 1. The van der Waals surface area contributed by atoms with E-state index in [2.05, 4.69) is 10.2 Å². The maximum Gasteiger partial charge on any atom is 0.253 e. The molecule has 1 aliphatic heterocycles. The van der Waals surface area contributed by atoms with Gasteiger partial charge in [0.15, 0.2) is 0 Å². The molecular formula is C16H22FN3O. The third kappa shape index (κ3) is 3.18. The highest BCUT2D eigenvalue weighted by atomic mass is 19.1. The second-order valence-corrected chi connectivity index (χ2v) is 6.08. The van der Waals surface area contributed by atoms with Gasteiger partial charge in [0.1, 0.15) is 5.82 Å². The van der Waals surface area contributed by atoms with E-state index in [0.717, 1.165) is 45.3 Å². The summed E-state index contributed by atoms with van der Waals surface area (Å²) in [6, 6.07) is 5.22. The van der Waals surface area contributed by atoms with Gasteiger partial charge in [0.05, 0.1) is 11.3 Å². The van der Waals surface area contributed by atoms with Gasteiger partial charge in [0.25, 0.3) is 5.91 Å². The Balaban J connectivity index is 1.87. The van der Waals surface area contributed by atoms with Crippen LogP contribution < -0.4 is 16.0 Å². The van der Waals surface area contributed by atoms with Crippen molar-refractivity contribution in [2.24, 2.45) is 11.7 Å². The Kier molecular flexibility index (Phi) is 4.10. The number of hydrogen-bond acceptors (Lipinski definition) is 3. The van der Waals surface area contributed by atoms with Gasteiger partial charge in [0.2, 0.25) is 0 Å². The molecule has 0 unspecified atom stereocenters. The molecule has 1 saturated carbocycles. The number of anilines is 1. The number of rotatable bonds is 5. The van der Waals surface area contributed by atoms with Crippen LogP contribution in [0.5, 0.6) is 0 Å². The van der Waals surface area contributed by atoms with Gasteiger partial charge in [-0.3, -0.25) is 4.79 Å². The van der Waals surface area contributed by atoms with Gasteiger partial charge in [-0.05, 0) is 56.8 Å². The molecule has 2 aliphatic rings. The van der Waals surface area contributed by atoms with E-state index in [9.17, 15) is 9.18 Å².